The van der Waals surface area contributed by atoms with E-state index in [1.807, 2.05) is 6.92 Å². The first kappa shape index (κ1) is 15.2. The van der Waals surface area contributed by atoms with Crippen molar-refractivity contribution in [3.8, 4) is 5.75 Å². The van der Waals surface area contributed by atoms with Crippen LogP contribution in [0.25, 0.3) is 11.0 Å². The largest absolute Gasteiger partial charge is 0.497 e. The second kappa shape index (κ2) is 6.17. The predicted molar refractivity (Wildman–Crippen MR) is 86.3 cm³/mol. The van der Waals surface area contributed by atoms with E-state index in [1.165, 1.54) is 18.4 Å². The summed E-state index contributed by atoms with van der Waals surface area (Å²) in [5, 5.41) is 12.2. The van der Waals surface area contributed by atoms with Gasteiger partial charge in [0.2, 0.25) is 5.13 Å². The molecule has 0 spiro atoms. The van der Waals surface area contributed by atoms with Gasteiger partial charge in [0.05, 0.1) is 12.7 Å². The highest BCUT2D eigenvalue weighted by Crippen LogP contribution is 2.24. The summed E-state index contributed by atoms with van der Waals surface area (Å²) in [6.07, 6.45) is 0.741. The molecule has 7 nitrogen and oxygen atoms in total. The highest BCUT2D eigenvalue weighted by atomic mass is 32.1. The molecule has 0 bridgehead atoms. The third-order valence-electron chi connectivity index (χ3n) is 3.19. The van der Waals surface area contributed by atoms with Crippen LogP contribution >= 0.6 is 11.3 Å². The van der Waals surface area contributed by atoms with Crippen LogP contribution in [0.4, 0.5) is 5.13 Å². The number of fused-ring (bicyclic) bond motifs is 1. The minimum atomic E-state index is -0.609. The van der Waals surface area contributed by atoms with Crippen LogP contribution in [0.1, 0.15) is 22.3 Å². The number of carbonyl (C=O) groups excluding carboxylic acids is 1. The Bertz CT molecular complexity index is 932. The van der Waals surface area contributed by atoms with Crippen LogP contribution in [0, 0.1) is 0 Å². The highest BCUT2D eigenvalue weighted by Gasteiger charge is 2.15. The molecule has 0 atom stereocenters. The molecule has 3 rings (SSSR count). The number of amides is 1. The van der Waals surface area contributed by atoms with Gasteiger partial charge < -0.3 is 9.15 Å². The molecule has 0 fully saturated rings. The smallest absolute Gasteiger partial charge is 0.337 e. The van der Waals surface area contributed by atoms with Crippen LogP contribution in [-0.4, -0.2) is 23.2 Å². The molecule has 0 saturated carbocycles. The molecule has 0 aliphatic heterocycles. The lowest BCUT2D eigenvalue weighted by Gasteiger charge is -2.06. The average molecular weight is 331 g/mol. The van der Waals surface area contributed by atoms with E-state index in [0.717, 1.165) is 17.5 Å². The van der Waals surface area contributed by atoms with Crippen LogP contribution in [0.15, 0.2) is 33.5 Å². The number of aryl methyl sites for hydroxylation is 1. The minimum Gasteiger partial charge on any atom is -0.497 e. The van der Waals surface area contributed by atoms with Crippen molar-refractivity contribution in [3.05, 3.63) is 45.3 Å². The predicted octanol–water partition coefficient (Wildman–Crippen LogP) is 2.47. The quantitative estimate of drug-likeness (QED) is 0.738. The third-order valence-corrected chi connectivity index (χ3v) is 4.17. The molecular formula is C15H13N3O4S. The van der Waals surface area contributed by atoms with Gasteiger partial charge in [-0.05, 0) is 18.6 Å². The summed E-state index contributed by atoms with van der Waals surface area (Å²) in [5.41, 5.74) is -0.108. The van der Waals surface area contributed by atoms with Crippen LogP contribution in [-0.2, 0) is 6.42 Å². The average Bonchev–Trinajstić information content (AvgIpc) is 3.00. The fourth-order valence-electron chi connectivity index (χ4n) is 2.07. The summed E-state index contributed by atoms with van der Waals surface area (Å²) in [7, 11) is 1.51. The number of hydrogen-bond acceptors (Lipinski definition) is 7. The molecule has 0 saturated heterocycles. The Balaban J connectivity index is 2.00. The summed E-state index contributed by atoms with van der Waals surface area (Å²) in [6.45, 7) is 1.95. The SMILES string of the molecule is CCc1nnc(NC(=O)c2cc(=O)oc3cc(OC)ccc23)s1. The molecule has 0 aliphatic rings. The number of nitrogens with one attached hydrogen (secondary N) is 1. The van der Waals surface area contributed by atoms with E-state index < -0.39 is 11.5 Å². The molecule has 1 aromatic carbocycles. The Hall–Kier alpha value is -2.74. The van der Waals surface area contributed by atoms with E-state index in [2.05, 4.69) is 15.5 Å². The van der Waals surface area contributed by atoms with Crippen molar-refractivity contribution in [2.45, 2.75) is 13.3 Å². The number of benzene rings is 1. The second-order valence-corrected chi connectivity index (χ2v) is 5.71. The van der Waals surface area contributed by atoms with Crippen LogP contribution < -0.4 is 15.7 Å². The van der Waals surface area contributed by atoms with Gasteiger partial charge in [0.1, 0.15) is 16.3 Å². The van der Waals surface area contributed by atoms with Gasteiger partial charge in [-0.1, -0.05) is 18.3 Å². The number of ether oxygens (including phenoxy) is 1. The van der Waals surface area contributed by atoms with E-state index in [-0.39, 0.29) is 11.1 Å². The number of hydrogen-bond donors (Lipinski definition) is 1. The van der Waals surface area contributed by atoms with E-state index in [1.54, 1.807) is 18.2 Å². The fourth-order valence-corrected chi connectivity index (χ4v) is 2.74. The summed E-state index contributed by atoms with van der Waals surface area (Å²) in [6, 6.07) is 6.09. The van der Waals surface area contributed by atoms with Crippen LogP contribution in [0.5, 0.6) is 5.75 Å². The number of aromatic nitrogens is 2. The maximum atomic E-state index is 12.4. The van der Waals surface area contributed by atoms with E-state index in [0.29, 0.717) is 16.3 Å². The van der Waals surface area contributed by atoms with Gasteiger partial charge in [-0.3, -0.25) is 10.1 Å². The van der Waals surface area contributed by atoms with Gasteiger partial charge in [-0.15, -0.1) is 10.2 Å². The topological polar surface area (TPSA) is 94.3 Å². The van der Waals surface area contributed by atoms with Gasteiger partial charge in [0.25, 0.3) is 5.91 Å². The Morgan fingerprint density at radius 2 is 2.17 bits per heavy atom. The van der Waals surface area contributed by atoms with Gasteiger partial charge in [0, 0.05) is 17.5 Å². The van der Waals surface area contributed by atoms with Crippen molar-refractivity contribution in [3.63, 3.8) is 0 Å². The second-order valence-electron chi connectivity index (χ2n) is 4.65. The number of nitrogens with zero attached hydrogens (tertiary/aromatic N) is 2. The number of rotatable bonds is 4. The Morgan fingerprint density at radius 1 is 1.35 bits per heavy atom. The molecule has 3 aromatic rings. The molecule has 1 N–H and O–H groups in total. The van der Waals surface area contributed by atoms with Crippen molar-refractivity contribution in [1.82, 2.24) is 10.2 Å². The number of methoxy groups -OCH3 is 1. The lowest BCUT2D eigenvalue weighted by Crippen LogP contribution is -2.15. The molecular weight excluding hydrogens is 318 g/mol. The summed E-state index contributed by atoms with van der Waals surface area (Å²) >= 11 is 1.30. The number of anilines is 1. The summed E-state index contributed by atoms with van der Waals surface area (Å²) < 4.78 is 10.2. The molecule has 2 heterocycles. The maximum Gasteiger partial charge on any atom is 0.337 e. The molecule has 118 valence electrons. The Kier molecular flexibility index (Phi) is 4.07. The van der Waals surface area contributed by atoms with Gasteiger partial charge >= 0.3 is 5.63 Å². The summed E-state index contributed by atoms with van der Waals surface area (Å²) in [5.74, 6) is 0.0989. The van der Waals surface area contributed by atoms with Gasteiger partial charge in [-0.2, -0.15) is 0 Å². The molecule has 1 amide bonds. The molecule has 0 unspecified atom stereocenters. The zero-order valence-electron chi connectivity index (χ0n) is 12.5. The zero-order valence-corrected chi connectivity index (χ0v) is 13.3. The van der Waals surface area contributed by atoms with Crippen LogP contribution in [0.2, 0.25) is 0 Å². The van der Waals surface area contributed by atoms with E-state index in [4.69, 9.17) is 9.15 Å². The molecule has 0 radical (unpaired) electrons. The fraction of sp³-hybridized carbons (Fsp3) is 0.200. The van der Waals surface area contributed by atoms with Crippen molar-refractivity contribution < 1.29 is 13.9 Å². The first-order valence-corrected chi connectivity index (χ1v) is 7.68. The van der Waals surface area contributed by atoms with Crippen molar-refractivity contribution >= 4 is 33.3 Å². The van der Waals surface area contributed by atoms with Crippen LogP contribution in [0.3, 0.4) is 0 Å². The van der Waals surface area contributed by atoms with Crippen molar-refractivity contribution in [2.24, 2.45) is 0 Å². The zero-order chi connectivity index (χ0) is 16.4. The van der Waals surface area contributed by atoms with Gasteiger partial charge in [-0.25, -0.2) is 4.79 Å². The van der Waals surface area contributed by atoms with Crippen molar-refractivity contribution in [2.75, 3.05) is 12.4 Å². The maximum absolute atomic E-state index is 12.4. The first-order valence-electron chi connectivity index (χ1n) is 6.86. The monoisotopic (exact) mass is 331 g/mol. The minimum absolute atomic E-state index is 0.215. The summed E-state index contributed by atoms with van der Waals surface area (Å²) in [4.78, 5) is 24.1. The Morgan fingerprint density at radius 3 is 2.87 bits per heavy atom. The van der Waals surface area contributed by atoms with E-state index in [9.17, 15) is 9.59 Å². The first-order chi connectivity index (χ1) is 11.1. The lowest BCUT2D eigenvalue weighted by atomic mass is 10.1. The molecule has 2 aromatic heterocycles. The van der Waals surface area contributed by atoms with Gasteiger partial charge in [0.15, 0.2) is 0 Å². The molecule has 23 heavy (non-hydrogen) atoms. The molecule has 8 heteroatoms. The third kappa shape index (κ3) is 3.07. The standard InChI is InChI=1S/C15H13N3O4S/c1-3-12-17-18-15(23-12)16-14(20)10-7-13(19)22-11-6-8(21-2)4-5-9(10)11/h4-7H,3H2,1-2H3,(H,16,18,20). The lowest BCUT2D eigenvalue weighted by molar-refractivity contribution is 0.102. The molecule has 0 aliphatic carbocycles. The van der Waals surface area contributed by atoms with E-state index >= 15 is 0 Å². The number of carbonyl (C=O) groups is 1. The normalized spacial score (nSPS) is 10.7. The highest BCUT2D eigenvalue weighted by molar-refractivity contribution is 7.15. The Labute approximate surface area is 134 Å². The van der Waals surface area contributed by atoms with Crippen molar-refractivity contribution in [1.29, 1.82) is 0 Å².